The predicted octanol–water partition coefficient (Wildman–Crippen LogP) is 2.36. The Morgan fingerprint density at radius 3 is 2.22 bits per heavy atom. The summed E-state index contributed by atoms with van der Waals surface area (Å²) in [7, 11) is 0. The SMILES string of the molecule is O=C(CO)Nc1ccccc1Nc1ccccc1. The molecule has 0 unspecified atom stereocenters. The van der Waals surface area contributed by atoms with Gasteiger partial charge >= 0.3 is 0 Å². The van der Waals surface area contributed by atoms with E-state index in [-0.39, 0.29) is 0 Å². The average Bonchev–Trinajstić information content (AvgIpc) is 2.42. The lowest BCUT2D eigenvalue weighted by Crippen LogP contribution is -2.16. The molecule has 4 heteroatoms. The number of carbonyl (C=O) groups excluding carboxylic acids is 1. The summed E-state index contributed by atoms with van der Waals surface area (Å²) in [6.07, 6.45) is 0. The number of hydrogen-bond acceptors (Lipinski definition) is 3. The van der Waals surface area contributed by atoms with E-state index in [1.54, 1.807) is 6.07 Å². The number of aliphatic hydroxyl groups excluding tert-OH is 1. The molecule has 0 aromatic heterocycles. The van der Waals surface area contributed by atoms with Gasteiger partial charge in [0, 0.05) is 5.69 Å². The number of amides is 1. The van der Waals surface area contributed by atoms with E-state index in [0.29, 0.717) is 5.69 Å². The molecule has 2 rings (SSSR count). The minimum absolute atomic E-state index is 0.433. The Balaban J connectivity index is 2.20. The second-order valence-corrected chi connectivity index (χ2v) is 3.74. The van der Waals surface area contributed by atoms with Crippen LogP contribution in [0.25, 0.3) is 0 Å². The number of carbonyl (C=O) groups is 1. The number of anilines is 3. The highest BCUT2D eigenvalue weighted by Crippen LogP contribution is 2.24. The molecule has 18 heavy (non-hydrogen) atoms. The third kappa shape index (κ3) is 3.09. The van der Waals surface area contributed by atoms with E-state index in [9.17, 15) is 4.79 Å². The van der Waals surface area contributed by atoms with E-state index < -0.39 is 12.5 Å². The van der Waals surface area contributed by atoms with E-state index >= 15 is 0 Å². The minimum atomic E-state index is -0.528. The zero-order chi connectivity index (χ0) is 12.8. The normalized spacial score (nSPS) is 9.83. The van der Waals surface area contributed by atoms with Crippen LogP contribution in [-0.2, 0) is 4.79 Å². The molecule has 0 bridgehead atoms. The molecule has 4 nitrogen and oxygen atoms in total. The lowest BCUT2D eigenvalue weighted by Gasteiger charge is -2.12. The molecule has 0 radical (unpaired) electrons. The van der Waals surface area contributed by atoms with Crippen LogP contribution >= 0.6 is 0 Å². The second-order valence-electron chi connectivity index (χ2n) is 3.74. The Morgan fingerprint density at radius 2 is 1.56 bits per heavy atom. The number of benzene rings is 2. The molecule has 0 aliphatic rings. The van der Waals surface area contributed by atoms with E-state index in [1.807, 2.05) is 48.5 Å². The van der Waals surface area contributed by atoms with Crippen molar-refractivity contribution in [3.63, 3.8) is 0 Å². The zero-order valence-corrected chi connectivity index (χ0v) is 9.76. The second kappa shape index (κ2) is 5.84. The van der Waals surface area contributed by atoms with Crippen molar-refractivity contribution < 1.29 is 9.90 Å². The van der Waals surface area contributed by atoms with Gasteiger partial charge in [0.25, 0.3) is 0 Å². The summed E-state index contributed by atoms with van der Waals surface area (Å²) in [5.74, 6) is -0.433. The van der Waals surface area contributed by atoms with Crippen LogP contribution in [0.4, 0.5) is 17.1 Å². The quantitative estimate of drug-likeness (QED) is 0.771. The highest BCUT2D eigenvalue weighted by Gasteiger charge is 2.05. The lowest BCUT2D eigenvalue weighted by molar-refractivity contribution is -0.118. The van der Waals surface area contributed by atoms with Crippen molar-refractivity contribution in [1.82, 2.24) is 0 Å². The number of nitrogens with one attached hydrogen (secondary N) is 2. The Labute approximate surface area is 105 Å². The fraction of sp³-hybridized carbons (Fsp3) is 0.0714. The highest BCUT2D eigenvalue weighted by atomic mass is 16.3. The first kappa shape index (κ1) is 12.1. The summed E-state index contributed by atoms with van der Waals surface area (Å²) < 4.78 is 0. The summed E-state index contributed by atoms with van der Waals surface area (Å²) in [6.45, 7) is -0.528. The molecule has 2 aromatic carbocycles. The van der Waals surface area contributed by atoms with Gasteiger partial charge in [0.1, 0.15) is 6.61 Å². The van der Waals surface area contributed by atoms with E-state index in [1.165, 1.54) is 0 Å². The van der Waals surface area contributed by atoms with Crippen LogP contribution in [0.3, 0.4) is 0 Å². The van der Waals surface area contributed by atoms with Gasteiger partial charge in [-0.25, -0.2) is 0 Å². The first-order chi connectivity index (χ1) is 8.79. The van der Waals surface area contributed by atoms with Crippen LogP contribution in [0.1, 0.15) is 0 Å². The molecule has 2 aromatic rings. The molecular formula is C14H14N2O2. The molecule has 0 aliphatic carbocycles. The first-order valence-electron chi connectivity index (χ1n) is 5.61. The average molecular weight is 242 g/mol. The molecule has 0 fully saturated rings. The van der Waals surface area contributed by atoms with Crippen LogP contribution < -0.4 is 10.6 Å². The Morgan fingerprint density at radius 1 is 0.944 bits per heavy atom. The van der Waals surface area contributed by atoms with Gasteiger partial charge in [0.05, 0.1) is 11.4 Å². The molecule has 1 amide bonds. The Hall–Kier alpha value is -2.33. The van der Waals surface area contributed by atoms with Gasteiger partial charge in [0.15, 0.2) is 0 Å². The standard InChI is InChI=1S/C14H14N2O2/c17-10-14(18)16-13-9-5-4-8-12(13)15-11-6-2-1-3-7-11/h1-9,15,17H,10H2,(H,16,18). The lowest BCUT2D eigenvalue weighted by atomic mass is 10.2. The molecule has 0 spiro atoms. The topological polar surface area (TPSA) is 61.4 Å². The maximum Gasteiger partial charge on any atom is 0.250 e. The van der Waals surface area contributed by atoms with Crippen LogP contribution in [0, 0.1) is 0 Å². The summed E-state index contributed by atoms with van der Waals surface area (Å²) in [4.78, 5) is 11.2. The maximum atomic E-state index is 11.2. The molecule has 0 aliphatic heterocycles. The molecule has 0 saturated carbocycles. The number of hydrogen-bond donors (Lipinski definition) is 3. The summed E-state index contributed by atoms with van der Waals surface area (Å²) in [5, 5.41) is 14.6. The molecule has 0 atom stereocenters. The third-order valence-corrected chi connectivity index (χ3v) is 2.40. The first-order valence-corrected chi connectivity index (χ1v) is 5.61. The largest absolute Gasteiger partial charge is 0.387 e. The van der Waals surface area contributed by atoms with Gasteiger partial charge in [0.2, 0.25) is 5.91 Å². The summed E-state index contributed by atoms with van der Waals surface area (Å²) in [6, 6.07) is 17.0. The molecule has 92 valence electrons. The fourth-order valence-corrected chi connectivity index (χ4v) is 1.57. The molecular weight excluding hydrogens is 228 g/mol. The maximum absolute atomic E-state index is 11.2. The predicted molar refractivity (Wildman–Crippen MR) is 71.9 cm³/mol. The van der Waals surface area contributed by atoms with Crippen molar-refractivity contribution in [2.45, 2.75) is 0 Å². The Bertz CT molecular complexity index is 526. The van der Waals surface area contributed by atoms with Crippen LogP contribution in [0.15, 0.2) is 54.6 Å². The van der Waals surface area contributed by atoms with Gasteiger partial charge in [-0.3, -0.25) is 4.79 Å². The van der Waals surface area contributed by atoms with Gasteiger partial charge < -0.3 is 15.7 Å². The van der Waals surface area contributed by atoms with Gasteiger partial charge in [-0.2, -0.15) is 0 Å². The monoisotopic (exact) mass is 242 g/mol. The van der Waals surface area contributed by atoms with Crippen molar-refractivity contribution in [2.24, 2.45) is 0 Å². The van der Waals surface area contributed by atoms with Crippen molar-refractivity contribution in [2.75, 3.05) is 17.2 Å². The molecule has 0 saturated heterocycles. The molecule has 0 heterocycles. The van der Waals surface area contributed by atoms with Crippen molar-refractivity contribution in [3.8, 4) is 0 Å². The van der Waals surface area contributed by atoms with Crippen molar-refractivity contribution in [3.05, 3.63) is 54.6 Å². The van der Waals surface area contributed by atoms with Gasteiger partial charge in [-0.05, 0) is 24.3 Å². The van der Waals surface area contributed by atoms with E-state index in [0.717, 1.165) is 11.4 Å². The van der Waals surface area contributed by atoms with E-state index in [4.69, 9.17) is 5.11 Å². The van der Waals surface area contributed by atoms with E-state index in [2.05, 4.69) is 10.6 Å². The smallest absolute Gasteiger partial charge is 0.250 e. The van der Waals surface area contributed by atoms with Crippen LogP contribution in [-0.4, -0.2) is 17.6 Å². The van der Waals surface area contributed by atoms with Crippen molar-refractivity contribution >= 4 is 23.0 Å². The Kier molecular flexibility index (Phi) is 3.94. The van der Waals surface area contributed by atoms with Crippen LogP contribution in [0.2, 0.25) is 0 Å². The van der Waals surface area contributed by atoms with Gasteiger partial charge in [-0.15, -0.1) is 0 Å². The molecule has 3 N–H and O–H groups in total. The van der Waals surface area contributed by atoms with Gasteiger partial charge in [-0.1, -0.05) is 30.3 Å². The highest BCUT2D eigenvalue weighted by molar-refractivity contribution is 5.95. The summed E-state index contributed by atoms with van der Waals surface area (Å²) >= 11 is 0. The number of para-hydroxylation sites is 3. The van der Waals surface area contributed by atoms with Crippen molar-refractivity contribution in [1.29, 1.82) is 0 Å². The van der Waals surface area contributed by atoms with Crippen LogP contribution in [0.5, 0.6) is 0 Å². The number of aliphatic hydroxyl groups is 1. The summed E-state index contributed by atoms with van der Waals surface area (Å²) in [5.41, 5.74) is 2.36. The fourth-order valence-electron chi connectivity index (χ4n) is 1.57. The minimum Gasteiger partial charge on any atom is -0.387 e. The zero-order valence-electron chi connectivity index (χ0n) is 9.76. The third-order valence-electron chi connectivity index (χ3n) is 2.40. The number of rotatable bonds is 4.